The summed E-state index contributed by atoms with van der Waals surface area (Å²) in [5, 5.41) is 2.68. The highest BCUT2D eigenvalue weighted by molar-refractivity contribution is 7.89. The van der Waals surface area contributed by atoms with E-state index in [2.05, 4.69) is 5.32 Å². The van der Waals surface area contributed by atoms with E-state index in [1.54, 1.807) is 12.1 Å². The van der Waals surface area contributed by atoms with Crippen LogP contribution < -0.4 is 15.8 Å². The van der Waals surface area contributed by atoms with E-state index in [1.165, 1.54) is 16.4 Å². The van der Waals surface area contributed by atoms with Crippen LogP contribution in [0.3, 0.4) is 0 Å². The lowest BCUT2D eigenvalue weighted by Crippen LogP contribution is -2.56. The summed E-state index contributed by atoms with van der Waals surface area (Å²) in [4.78, 5) is 25.2. The Kier molecular flexibility index (Phi) is 8.46. The predicted molar refractivity (Wildman–Crippen MR) is 125 cm³/mol. The number of nitrogens with two attached hydrogens (primary N) is 1. The number of amides is 2. The number of hydrogen-bond donors (Lipinski definition) is 2. The van der Waals surface area contributed by atoms with Gasteiger partial charge < -0.3 is 15.8 Å². The fourth-order valence-electron chi connectivity index (χ4n) is 3.87. The average Bonchev–Trinajstić information content (AvgIpc) is 2.83. The van der Waals surface area contributed by atoms with E-state index < -0.39 is 33.9 Å². The van der Waals surface area contributed by atoms with Crippen molar-refractivity contribution in [1.29, 1.82) is 0 Å². The van der Waals surface area contributed by atoms with Crippen molar-refractivity contribution in [2.75, 3.05) is 13.2 Å². The summed E-state index contributed by atoms with van der Waals surface area (Å²) in [5.41, 5.74) is 6.38. The molecule has 2 amide bonds. The molecule has 0 spiro atoms. The van der Waals surface area contributed by atoms with Crippen molar-refractivity contribution < 1.29 is 22.7 Å². The minimum atomic E-state index is -3.94. The summed E-state index contributed by atoms with van der Waals surface area (Å²) in [7, 11) is -3.94. The smallest absolute Gasteiger partial charge is 0.243 e. The number of carbonyl (C=O) groups excluding carboxylic acids is 2. The van der Waals surface area contributed by atoms with E-state index >= 15 is 0 Å². The number of hydrogen-bond acceptors (Lipinski definition) is 5. The SMILES string of the molecule is CCCOc1cccc(S(=O)(=O)N2CCCCC2C(=O)N[C@@H](Cc2ccccc2)C(N)=O)c1. The van der Waals surface area contributed by atoms with Crippen LogP contribution in [0.4, 0.5) is 0 Å². The molecule has 2 aromatic rings. The maximum Gasteiger partial charge on any atom is 0.243 e. The van der Waals surface area contributed by atoms with Crippen LogP contribution in [0.5, 0.6) is 5.75 Å². The van der Waals surface area contributed by atoms with Crippen molar-refractivity contribution in [1.82, 2.24) is 9.62 Å². The number of rotatable bonds is 10. The Morgan fingerprint density at radius 1 is 1.15 bits per heavy atom. The minimum Gasteiger partial charge on any atom is -0.494 e. The standard InChI is InChI=1S/C24H31N3O5S/c1-2-15-32-19-11-8-12-20(17-19)33(30,31)27-14-7-6-13-22(27)24(29)26-21(23(25)28)16-18-9-4-3-5-10-18/h3-5,8-12,17,21-22H,2,6-7,13-16H2,1H3,(H2,25,28)(H,26,29)/t21-,22?/m0/s1. The molecule has 1 aliphatic heterocycles. The van der Waals surface area contributed by atoms with Crippen LogP contribution in [-0.4, -0.2) is 49.8 Å². The molecule has 0 bridgehead atoms. The van der Waals surface area contributed by atoms with Crippen molar-refractivity contribution >= 4 is 21.8 Å². The summed E-state index contributed by atoms with van der Waals surface area (Å²) in [6, 6.07) is 13.7. The van der Waals surface area contributed by atoms with Gasteiger partial charge in [-0.25, -0.2) is 8.42 Å². The Labute approximate surface area is 195 Å². The second-order valence-corrected chi connectivity index (χ2v) is 9.99. The number of ether oxygens (including phenoxy) is 1. The van der Waals surface area contributed by atoms with Crippen molar-refractivity contribution in [3.8, 4) is 5.75 Å². The van der Waals surface area contributed by atoms with E-state index in [0.29, 0.717) is 31.6 Å². The maximum absolute atomic E-state index is 13.4. The molecule has 2 atom stereocenters. The van der Waals surface area contributed by atoms with Gasteiger partial charge in [0.2, 0.25) is 21.8 Å². The van der Waals surface area contributed by atoms with E-state index in [-0.39, 0.29) is 17.9 Å². The van der Waals surface area contributed by atoms with E-state index in [1.807, 2.05) is 37.3 Å². The lowest BCUT2D eigenvalue weighted by Gasteiger charge is -2.34. The van der Waals surface area contributed by atoms with Crippen molar-refractivity contribution in [2.45, 2.75) is 56.0 Å². The third kappa shape index (κ3) is 6.33. The Balaban J connectivity index is 1.79. The van der Waals surface area contributed by atoms with Gasteiger partial charge >= 0.3 is 0 Å². The maximum atomic E-state index is 13.4. The molecular formula is C24H31N3O5S. The Bertz CT molecular complexity index is 1060. The molecule has 0 aliphatic carbocycles. The quantitative estimate of drug-likeness (QED) is 0.549. The summed E-state index contributed by atoms with van der Waals surface area (Å²) >= 11 is 0. The van der Waals surface area contributed by atoms with Crippen molar-refractivity contribution in [2.24, 2.45) is 5.73 Å². The lowest BCUT2D eigenvalue weighted by atomic mass is 10.0. The molecule has 0 aromatic heterocycles. The zero-order valence-corrected chi connectivity index (χ0v) is 19.6. The molecule has 0 radical (unpaired) electrons. The number of benzene rings is 2. The van der Waals surface area contributed by atoms with Crippen LogP contribution in [0.1, 0.15) is 38.2 Å². The molecule has 1 unspecified atom stereocenters. The Hall–Kier alpha value is -2.91. The number of piperidine rings is 1. The third-order valence-electron chi connectivity index (χ3n) is 5.58. The predicted octanol–water partition coefficient (Wildman–Crippen LogP) is 2.23. The highest BCUT2D eigenvalue weighted by Gasteiger charge is 2.38. The summed E-state index contributed by atoms with van der Waals surface area (Å²) < 4.78 is 33.7. The first kappa shape index (κ1) is 24.7. The van der Waals surface area contributed by atoms with Crippen molar-refractivity contribution in [3.63, 3.8) is 0 Å². The van der Waals surface area contributed by atoms with Crippen LogP contribution >= 0.6 is 0 Å². The van der Waals surface area contributed by atoms with E-state index in [0.717, 1.165) is 12.0 Å². The molecule has 1 saturated heterocycles. The van der Waals surface area contributed by atoms with Gasteiger partial charge in [-0.3, -0.25) is 9.59 Å². The van der Waals surface area contributed by atoms with Gasteiger partial charge in [0.05, 0.1) is 11.5 Å². The first-order valence-corrected chi connectivity index (χ1v) is 12.6. The molecule has 8 nitrogen and oxygen atoms in total. The molecule has 1 heterocycles. The summed E-state index contributed by atoms with van der Waals surface area (Å²) in [5.74, 6) is -0.720. The van der Waals surface area contributed by atoms with Gasteiger partial charge in [0, 0.05) is 19.0 Å². The number of nitrogens with zero attached hydrogens (tertiary/aromatic N) is 1. The second kappa shape index (κ2) is 11.3. The van der Waals surface area contributed by atoms with Crippen LogP contribution in [0, 0.1) is 0 Å². The largest absolute Gasteiger partial charge is 0.494 e. The van der Waals surface area contributed by atoms with Gasteiger partial charge in [-0.15, -0.1) is 0 Å². The van der Waals surface area contributed by atoms with Gasteiger partial charge in [-0.2, -0.15) is 4.31 Å². The van der Waals surface area contributed by atoms with Crippen LogP contribution in [-0.2, 0) is 26.0 Å². The van der Waals surface area contributed by atoms with Gasteiger partial charge in [0.25, 0.3) is 0 Å². The molecule has 3 N–H and O–H groups in total. The molecule has 0 saturated carbocycles. The molecule has 1 fully saturated rings. The minimum absolute atomic E-state index is 0.0755. The zero-order valence-electron chi connectivity index (χ0n) is 18.8. The molecular weight excluding hydrogens is 442 g/mol. The highest BCUT2D eigenvalue weighted by Crippen LogP contribution is 2.27. The topological polar surface area (TPSA) is 119 Å². The number of primary amides is 1. The zero-order chi connectivity index (χ0) is 23.8. The van der Waals surface area contributed by atoms with E-state index in [9.17, 15) is 18.0 Å². The Morgan fingerprint density at radius 2 is 1.91 bits per heavy atom. The molecule has 33 heavy (non-hydrogen) atoms. The van der Waals surface area contributed by atoms with E-state index in [4.69, 9.17) is 10.5 Å². The normalized spacial score (nSPS) is 17.8. The summed E-state index contributed by atoms with van der Waals surface area (Å²) in [6.45, 7) is 2.67. The first-order chi connectivity index (χ1) is 15.8. The fourth-order valence-corrected chi connectivity index (χ4v) is 5.57. The molecule has 9 heteroatoms. The molecule has 178 valence electrons. The third-order valence-corrected chi connectivity index (χ3v) is 7.49. The highest BCUT2D eigenvalue weighted by atomic mass is 32.2. The average molecular weight is 474 g/mol. The number of nitrogens with one attached hydrogen (secondary N) is 1. The molecule has 3 rings (SSSR count). The fraction of sp³-hybridized carbons (Fsp3) is 0.417. The van der Waals surface area contributed by atoms with Crippen LogP contribution in [0.25, 0.3) is 0 Å². The number of sulfonamides is 1. The lowest BCUT2D eigenvalue weighted by molar-refractivity contribution is -0.130. The molecule has 1 aliphatic rings. The number of carbonyl (C=O) groups is 2. The van der Waals surface area contributed by atoms with Gasteiger partial charge in [-0.05, 0) is 37.0 Å². The van der Waals surface area contributed by atoms with Gasteiger partial charge in [0.15, 0.2) is 0 Å². The van der Waals surface area contributed by atoms with Gasteiger partial charge in [0.1, 0.15) is 17.8 Å². The second-order valence-electron chi connectivity index (χ2n) is 8.10. The van der Waals surface area contributed by atoms with Crippen molar-refractivity contribution in [3.05, 3.63) is 60.2 Å². The molecule has 2 aromatic carbocycles. The first-order valence-electron chi connectivity index (χ1n) is 11.2. The van der Waals surface area contributed by atoms with Gasteiger partial charge in [-0.1, -0.05) is 49.7 Å². The summed E-state index contributed by atoms with van der Waals surface area (Å²) in [6.07, 6.45) is 2.77. The monoisotopic (exact) mass is 473 g/mol. The van der Waals surface area contributed by atoms with Crippen LogP contribution in [0.2, 0.25) is 0 Å². The Morgan fingerprint density at radius 3 is 2.61 bits per heavy atom. The van der Waals surface area contributed by atoms with Crippen LogP contribution in [0.15, 0.2) is 59.5 Å².